The zero-order chi connectivity index (χ0) is 23.9. The Bertz CT molecular complexity index is 1190. The Morgan fingerprint density at radius 2 is 1.69 bits per heavy atom. The molecule has 172 valence electrons. The molecule has 0 radical (unpaired) electrons. The summed E-state index contributed by atoms with van der Waals surface area (Å²) in [5, 5.41) is 0. The maximum atomic E-state index is 13.6. The van der Waals surface area contributed by atoms with Gasteiger partial charge in [-0.15, -0.1) is 0 Å². The van der Waals surface area contributed by atoms with Gasteiger partial charge in [0.25, 0.3) is 0 Å². The summed E-state index contributed by atoms with van der Waals surface area (Å²) in [6.07, 6.45) is -5.07. The Labute approximate surface area is 180 Å². The Balaban J connectivity index is 2.21. The van der Waals surface area contributed by atoms with Crippen LogP contribution < -0.4 is 4.74 Å². The molecular formula is C21H17F5O5S. The third-order valence-corrected chi connectivity index (χ3v) is 5.94. The van der Waals surface area contributed by atoms with Crippen molar-refractivity contribution >= 4 is 21.4 Å². The van der Waals surface area contributed by atoms with Gasteiger partial charge < -0.3 is 9.47 Å². The van der Waals surface area contributed by atoms with Gasteiger partial charge in [-0.3, -0.25) is 0 Å². The van der Waals surface area contributed by atoms with Crippen LogP contribution >= 0.6 is 0 Å². The van der Waals surface area contributed by atoms with Gasteiger partial charge in [-0.1, -0.05) is 19.1 Å². The number of alkyl halides is 3. The number of ether oxygens (including phenoxy) is 2. The summed E-state index contributed by atoms with van der Waals surface area (Å²) in [5.74, 6) is -4.55. The number of benzene rings is 2. The highest BCUT2D eigenvalue weighted by Gasteiger charge is 2.48. The van der Waals surface area contributed by atoms with Gasteiger partial charge in [-0.2, -0.15) is 13.2 Å². The number of carbonyl (C=O) groups is 1. The van der Waals surface area contributed by atoms with E-state index in [1.165, 1.54) is 31.2 Å². The molecule has 1 heterocycles. The molecule has 0 aliphatic carbocycles. The van der Waals surface area contributed by atoms with Crippen molar-refractivity contribution in [2.24, 2.45) is 5.41 Å². The Morgan fingerprint density at radius 1 is 1.06 bits per heavy atom. The smallest absolute Gasteiger partial charge is 0.390 e. The van der Waals surface area contributed by atoms with Crippen LogP contribution in [0.1, 0.15) is 18.9 Å². The van der Waals surface area contributed by atoms with E-state index in [1.807, 2.05) is 0 Å². The molecule has 2 aromatic rings. The summed E-state index contributed by atoms with van der Waals surface area (Å²) in [4.78, 5) is 12.4. The first-order valence-corrected chi connectivity index (χ1v) is 11.0. The highest BCUT2D eigenvalue weighted by molar-refractivity contribution is 7.90. The first-order chi connectivity index (χ1) is 14.7. The van der Waals surface area contributed by atoms with Gasteiger partial charge >= 0.3 is 12.1 Å². The van der Waals surface area contributed by atoms with Crippen LogP contribution in [0, 0.1) is 17.0 Å². The van der Waals surface area contributed by atoms with Crippen molar-refractivity contribution in [1.29, 1.82) is 0 Å². The minimum Gasteiger partial charge on any atom is -0.459 e. The molecule has 5 nitrogen and oxygen atoms in total. The van der Waals surface area contributed by atoms with Crippen molar-refractivity contribution in [2.75, 3.05) is 12.9 Å². The van der Waals surface area contributed by atoms with Crippen LogP contribution in [-0.4, -0.2) is 33.4 Å². The second-order valence-corrected chi connectivity index (χ2v) is 9.62. The van der Waals surface area contributed by atoms with Gasteiger partial charge in [-0.05, 0) is 29.8 Å². The summed E-state index contributed by atoms with van der Waals surface area (Å²) in [7, 11) is -3.59. The normalized spacial score (nSPS) is 19.7. The van der Waals surface area contributed by atoms with E-state index < -0.39 is 57.8 Å². The number of hydrogen-bond acceptors (Lipinski definition) is 5. The third kappa shape index (κ3) is 5.09. The lowest BCUT2D eigenvalue weighted by atomic mass is 9.74. The van der Waals surface area contributed by atoms with Crippen molar-refractivity contribution in [3.8, 4) is 5.75 Å². The number of carbonyl (C=O) groups excluding carboxylic acids is 1. The summed E-state index contributed by atoms with van der Waals surface area (Å²) in [5.41, 5.74) is -1.92. The third-order valence-electron chi connectivity index (χ3n) is 4.81. The monoisotopic (exact) mass is 476 g/mol. The van der Waals surface area contributed by atoms with E-state index in [-0.39, 0.29) is 21.8 Å². The van der Waals surface area contributed by atoms with E-state index in [2.05, 4.69) is 0 Å². The molecule has 0 amide bonds. The quantitative estimate of drug-likeness (QED) is 0.463. The highest BCUT2D eigenvalue weighted by Crippen LogP contribution is 2.48. The van der Waals surface area contributed by atoms with Crippen LogP contribution in [0.4, 0.5) is 22.0 Å². The Hall–Kier alpha value is -2.95. The van der Waals surface area contributed by atoms with E-state index in [1.54, 1.807) is 0 Å². The Kier molecular flexibility index (Phi) is 6.07. The molecule has 32 heavy (non-hydrogen) atoms. The average molecular weight is 476 g/mol. The molecule has 1 aliphatic rings. The Morgan fingerprint density at radius 3 is 2.22 bits per heavy atom. The fourth-order valence-electron chi connectivity index (χ4n) is 3.42. The second kappa shape index (κ2) is 8.19. The fraction of sp³-hybridized carbons (Fsp3) is 0.286. The molecule has 0 spiro atoms. The van der Waals surface area contributed by atoms with Crippen LogP contribution in [0.5, 0.6) is 5.75 Å². The SMILES string of the molecule is C[C@]1(CC(F)(F)F)COC(=O)C(Oc2ccc(F)c(F)c2)=C1c1ccc(S(C)(=O)=O)cc1. The average Bonchev–Trinajstić information content (AvgIpc) is 2.66. The largest absolute Gasteiger partial charge is 0.459 e. The first kappa shape index (κ1) is 23.7. The highest BCUT2D eigenvalue weighted by atomic mass is 32.2. The van der Waals surface area contributed by atoms with Crippen molar-refractivity contribution in [2.45, 2.75) is 24.4 Å². The first-order valence-electron chi connectivity index (χ1n) is 9.12. The number of cyclic esters (lactones) is 1. The van der Waals surface area contributed by atoms with Gasteiger partial charge in [0.05, 0.1) is 11.3 Å². The van der Waals surface area contributed by atoms with Crippen LogP contribution in [0.3, 0.4) is 0 Å². The molecule has 0 saturated carbocycles. The fourth-order valence-corrected chi connectivity index (χ4v) is 4.05. The van der Waals surface area contributed by atoms with Crippen LogP contribution in [-0.2, 0) is 19.4 Å². The predicted molar refractivity (Wildman–Crippen MR) is 103 cm³/mol. The van der Waals surface area contributed by atoms with Crippen LogP contribution in [0.25, 0.3) is 5.57 Å². The molecule has 1 atom stereocenters. The van der Waals surface area contributed by atoms with E-state index >= 15 is 0 Å². The van der Waals surface area contributed by atoms with E-state index in [9.17, 15) is 35.2 Å². The zero-order valence-corrected chi connectivity index (χ0v) is 17.6. The standard InChI is InChI=1S/C21H17F5O5S/c1-20(10-21(24,25)26)11-30-19(27)18(31-13-5-8-15(22)16(23)9-13)17(20)12-3-6-14(7-4-12)32(2,28)29/h3-9H,10-11H2,1-2H3/t20-/m0/s1. The van der Waals surface area contributed by atoms with E-state index in [4.69, 9.17) is 9.47 Å². The molecule has 0 fully saturated rings. The van der Waals surface area contributed by atoms with E-state index in [0.717, 1.165) is 18.4 Å². The number of sulfone groups is 1. The summed E-state index contributed by atoms with van der Waals surface area (Å²) < 4.78 is 101. The molecule has 0 aromatic heterocycles. The molecule has 0 bridgehead atoms. The van der Waals surface area contributed by atoms with Gasteiger partial charge in [0.15, 0.2) is 21.5 Å². The van der Waals surface area contributed by atoms with Gasteiger partial charge in [0.2, 0.25) is 5.76 Å². The van der Waals surface area contributed by atoms with Crippen molar-refractivity contribution < 1.29 is 44.6 Å². The molecule has 1 aliphatic heterocycles. The summed E-state index contributed by atoms with van der Waals surface area (Å²) >= 11 is 0. The van der Waals surface area contributed by atoms with Crippen molar-refractivity contribution in [3.05, 3.63) is 65.4 Å². The minimum absolute atomic E-state index is 0.0818. The van der Waals surface area contributed by atoms with Gasteiger partial charge in [0, 0.05) is 23.3 Å². The van der Waals surface area contributed by atoms with E-state index in [0.29, 0.717) is 6.07 Å². The molecule has 11 heteroatoms. The van der Waals surface area contributed by atoms with Crippen LogP contribution in [0.15, 0.2) is 53.1 Å². The second-order valence-electron chi connectivity index (χ2n) is 7.61. The van der Waals surface area contributed by atoms with Gasteiger partial charge in [-0.25, -0.2) is 22.0 Å². The lowest BCUT2D eigenvalue weighted by Gasteiger charge is -2.37. The van der Waals surface area contributed by atoms with Crippen molar-refractivity contribution in [1.82, 2.24) is 0 Å². The minimum atomic E-state index is -4.65. The predicted octanol–water partition coefficient (Wildman–Crippen LogP) is 4.67. The molecule has 0 unspecified atom stereocenters. The number of hydrogen-bond donors (Lipinski definition) is 0. The maximum Gasteiger partial charge on any atom is 0.390 e. The number of halogens is 5. The molecule has 2 aromatic carbocycles. The summed E-state index contributed by atoms with van der Waals surface area (Å²) in [6, 6.07) is 7.21. The lowest BCUT2D eigenvalue weighted by Crippen LogP contribution is -2.38. The number of esters is 1. The topological polar surface area (TPSA) is 69.7 Å². The molecule has 3 rings (SSSR count). The maximum absolute atomic E-state index is 13.6. The molecule has 0 N–H and O–H groups in total. The van der Waals surface area contributed by atoms with Crippen molar-refractivity contribution in [3.63, 3.8) is 0 Å². The van der Waals surface area contributed by atoms with Gasteiger partial charge in [0.1, 0.15) is 12.4 Å². The molecular weight excluding hydrogens is 459 g/mol. The molecule has 0 saturated heterocycles. The zero-order valence-electron chi connectivity index (χ0n) is 16.8. The van der Waals surface area contributed by atoms with Crippen LogP contribution in [0.2, 0.25) is 0 Å². The lowest BCUT2D eigenvalue weighted by molar-refractivity contribution is -0.165. The number of rotatable bonds is 5. The summed E-state index contributed by atoms with van der Waals surface area (Å²) in [6.45, 7) is 0.584.